The van der Waals surface area contributed by atoms with E-state index in [1.165, 1.54) is 19.8 Å². The highest BCUT2D eigenvalue weighted by atomic mass is 31.1. The van der Waals surface area contributed by atoms with Crippen LogP contribution in [-0.4, -0.2) is 37.6 Å². The maximum Gasteiger partial charge on any atom is 0.347 e. The minimum atomic E-state index is -1.36. The molecule has 0 aromatic heterocycles. The number of unbranched alkanes of at least 4 members (excludes halogenated alkanes) is 2. The van der Waals surface area contributed by atoms with E-state index < -0.39 is 7.80 Å². The van der Waals surface area contributed by atoms with E-state index >= 15 is 0 Å². The summed E-state index contributed by atoms with van der Waals surface area (Å²) in [6.45, 7) is 7.15. The SMILES string of the molecule is CCCCCOCC[P+](=O)C(CCC)COC(C)=O. The van der Waals surface area contributed by atoms with Crippen LogP contribution in [-0.2, 0) is 18.8 Å². The summed E-state index contributed by atoms with van der Waals surface area (Å²) in [4.78, 5) is 10.8. The van der Waals surface area contributed by atoms with Gasteiger partial charge in [-0.2, -0.15) is 0 Å². The van der Waals surface area contributed by atoms with Crippen LogP contribution in [0.3, 0.4) is 0 Å². The Morgan fingerprint density at radius 1 is 1.16 bits per heavy atom. The summed E-state index contributed by atoms with van der Waals surface area (Å²) in [6.07, 6.45) is 5.77. The highest BCUT2D eigenvalue weighted by Gasteiger charge is 2.29. The largest absolute Gasteiger partial charge is 0.461 e. The third kappa shape index (κ3) is 11.1. The van der Waals surface area contributed by atoms with Crippen molar-refractivity contribution in [1.82, 2.24) is 0 Å². The molecule has 0 aliphatic carbocycles. The van der Waals surface area contributed by atoms with Crippen molar-refractivity contribution in [1.29, 1.82) is 0 Å². The zero-order valence-electron chi connectivity index (χ0n) is 12.5. The molecular weight excluding hydrogens is 263 g/mol. The fourth-order valence-corrected chi connectivity index (χ4v) is 3.21. The number of esters is 1. The van der Waals surface area contributed by atoms with Gasteiger partial charge in [0.2, 0.25) is 0 Å². The summed E-state index contributed by atoms with van der Waals surface area (Å²) < 4.78 is 22.6. The molecule has 19 heavy (non-hydrogen) atoms. The number of hydrogen-bond donors (Lipinski definition) is 0. The maximum absolute atomic E-state index is 12.1. The molecule has 0 N–H and O–H groups in total. The van der Waals surface area contributed by atoms with Gasteiger partial charge in [-0.05, 0) is 12.8 Å². The van der Waals surface area contributed by atoms with Gasteiger partial charge in [0.15, 0.2) is 11.8 Å². The molecule has 0 radical (unpaired) electrons. The van der Waals surface area contributed by atoms with Crippen LogP contribution in [0.4, 0.5) is 0 Å². The second-order valence-corrected chi connectivity index (χ2v) is 6.72. The van der Waals surface area contributed by atoms with Gasteiger partial charge in [0.05, 0.1) is 6.61 Å². The van der Waals surface area contributed by atoms with Crippen molar-refractivity contribution < 1.29 is 18.8 Å². The first-order valence-electron chi connectivity index (χ1n) is 7.26. The molecule has 0 heterocycles. The van der Waals surface area contributed by atoms with Gasteiger partial charge < -0.3 is 9.47 Å². The van der Waals surface area contributed by atoms with Gasteiger partial charge in [0.25, 0.3) is 0 Å². The van der Waals surface area contributed by atoms with Crippen molar-refractivity contribution in [3.05, 3.63) is 0 Å². The normalized spacial score (nSPS) is 13.1. The molecule has 5 heteroatoms. The van der Waals surface area contributed by atoms with Crippen molar-refractivity contribution in [3.8, 4) is 0 Å². The maximum atomic E-state index is 12.1. The Bertz CT molecular complexity index is 256. The lowest BCUT2D eigenvalue weighted by Gasteiger charge is -2.07. The fourth-order valence-electron chi connectivity index (χ4n) is 1.75. The van der Waals surface area contributed by atoms with E-state index in [9.17, 15) is 9.36 Å². The molecule has 2 atom stereocenters. The number of carbonyl (C=O) groups is 1. The van der Waals surface area contributed by atoms with Crippen LogP contribution < -0.4 is 0 Å². The molecule has 0 aliphatic rings. The van der Waals surface area contributed by atoms with Gasteiger partial charge in [-0.1, -0.05) is 37.7 Å². The van der Waals surface area contributed by atoms with Crippen LogP contribution in [0.1, 0.15) is 52.9 Å². The molecule has 0 rings (SSSR count). The Morgan fingerprint density at radius 3 is 2.47 bits per heavy atom. The summed E-state index contributed by atoms with van der Waals surface area (Å²) in [5.74, 6) is -0.305. The second kappa shape index (κ2) is 12.6. The summed E-state index contributed by atoms with van der Waals surface area (Å²) >= 11 is 0. The molecule has 0 saturated carbocycles. The highest BCUT2D eigenvalue weighted by Crippen LogP contribution is 2.31. The third-order valence-electron chi connectivity index (χ3n) is 2.86. The van der Waals surface area contributed by atoms with Crippen molar-refractivity contribution >= 4 is 13.8 Å². The summed E-state index contributed by atoms with van der Waals surface area (Å²) in [5.41, 5.74) is -0.0249. The van der Waals surface area contributed by atoms with Crippen molar-refractivity contribution in [3.63, 3.8) is 0 Å². The zero-order chi connectivity index (χ0) is 14.5. The van der Waals surface area contributed by atoms with Crippen LogP contribution in [0.25, 0.3) is 0 Å². The molecule has 0 aliphatic heterocycles. The van der Waals surface area contributed by atoms with Gasteiger partial charge in [0.1, 0.15) is 6.61 Å². The van der Waals surface area contributed by atoms with E-state index in [1.807, 2.05) is 6.92 Å². The number of ether oxygens (including phenoxy) is 2. The Hall–Kier alpha value is -0.470. The third-order valence-corrected chi connectivity index (χ3v) is 4.70. The monoisotopic (exact) mass is 291 g/mol. The van der Waals surface area contributed by atoms with E-state index in [2.05, 4.69) is 6.92 Å². The van der Waals surface area contributed by atoms with E-state index in [0.717, 1.165) is 25.9 Å². The number of hydrogen-bond acceptors (Lipinski definition) is 4. The number of rotatable bonds is 12. The van der Waals surface area contributed by atoms with Crippen LogP contribution in [0.5, 0.6) is 0 Å². The quantitative estimate of drug-likeness (QED) is 0.312. The molecular formula is C14H28O4P+. The molecule has 0 saturated heterocycles. The molecule has 0 bridgehead atoms. The number of carbonyl (C=O) groups excluding carboxylic acids is 1. The lowest BCUT2D eigenvalue weighted by Crippen LogP contribution is -2.16. The summed E-state index contributed by atoms with van der Waals surface area (Å²) in [6, 6.07) is 0. The fraction of sp³-hybridized carbons (Fsp3) is 0.929. The van der Waals surface area contributed by atoms with Crippen molar-refractivity contribution in [2.24, 2.45) is 0 Å². The van der Waals surface area contributed by atoms with Crippen LogP contribution in [0, 0.1) is 0 Å². The average Bonchev–Trinajstić information content (AvgIpc) is 2.38. The second-order valence-electron chi connectivity index (χ2n) is 4.71. The standard InChI is InChI=1S/C14H28O4P/c1-4-6-7-9-17-10-11-19(16)14(8-5-2)12-18-13(3)15/h14H,4-12H2,1-3H3/q+1. The zero-order valence-corrected chi connectivity index (χ0v) is 13.4. The minimum Gasteiger partial charge on any atom is -0.461 e. The van der Waals surface area contributed by atoms with E-state index in [1.54, 1.807) is 0 Å². The first-order valence-corrected chi connectivity index (χ1v) is 8.78. The predicted octanol–water partition coefficient (Wildman–Crippen LogP) is 3.75. The summed E-state index contributed by atoms with van der Waals surface area (Å²) in [7, 11) is -1.36. The van der Waals surface area contributed by atoms with Crippen molar-refractivity contribution in [2.75, 3.05) is 26.0 Å². The molecule has 112 valence electrons. The van der Waals surface area contributed by atoms with Crippen LogP contribution >= 0.6 is 7.80 Å². The van der Waals surface area contributed by atoms with Crippen LogP contribution in [0.15, 0.2) is 0 Å². The first-order chi connectivity index (χ1) is 9.11. The lowest BCUT2D eigenvalue weighted by atomic mass is 10.2. The molecule has 4 nitrogen and oxygen atoms in total. The van der Waals surface area contributed by atoms with Gasteiger partial charge >= 0.3 is 13.8 Å². The first kappa shape index (κ1) is 18.5. The Kier molecular flexibility index (Phi) is 12.2. The molecule has 0 aromatic carbocycles. The Morgan fingerprint density at radius 2 is 1.89 bits per heavy atom. The van der Waals surface area contributed by atoms with Gasteiger partial charge in [-0.3, -0.25) is 4.79 Å². The molecule has 0 amide bonds. The molecule has 0 aromatic rings. The highest BCUT2D eigenvalue weighted by molar-refractivity contribution is 7.45. The molecule has 0 fully saturated rings. The van der Waals surface area contributed by atoms with Crippen LogP contribution in [0.2, 0.25) is 0 Å². The molecule has 0 spiro atoms. The van der Waals surface area contributed by atoms with E-state index in [4.69, 9.17) is 9.47 Å². The predicted molar refractivity (Wildman–Crippen MR) is 78.1 cm³/mol. The van der Waals surface area contributed by atoms with E-state index in [-0.39, 0.29) is 18.2 Å². The Labute approximate surface area is 118 Å². The summed E-state index contributed by atoms with van der Waals surface area (Å²) in [5, 5.41) is 0. The lowest BCUT2D eigenvalue weighted by molar-refractivity contribution is -0.140. The topological polar surface area (TPSA) is 52.6 Å². The average molecular weight is 291 g/mol. The minimum absolute atomic E-state index is 0.0249. The molecule has 2 unspecified atom stereocenters. The van der Waals surface area contributed by atoms with Gasteiger partial charge in [0, 0.05) is 13.5 Å². The smallest absolute Gasteiger partial charge is 0.347 e. The van der Waals surface area contributed by atoms with Gasteiger partial charge in [-0.15, -0.1) is 0 Å². The Balaban J connectivity index is 3.80. The van der Waals surface area contributed by atoms with Gasteiger partial charge in [-0.25, -0.2) is 0 Å². The van der Waals surface area contributed by atoms with E-state index in [0.29, 0.717) is 12.8 Å². The van der Waals surface area contributed by atoms with Crippen molar-refractivity contribution in [2.45, 2.75) is 58.5 Å².